The largest absolute Gasteiger partial charge is 0.410 e. The van der Waals surface area contributed by atoms with Crippen LogP contribution in [-0.4, -0.2) is 64.8 Å². The number of hydrogen-bond donors (Lipinski definition) is 1. The number of fused-ring (bicyclic) bond motifs is 1. The van der Waals surface area contributed by atoms with Gasteiger partial charge in [0.25, 0.3) is 0 Å². The van der Waals surface area contributed by atoms with Crippen molar-refractivity contribution in [3.05, 3.63) is 0 Å². The maximum absolute atomic E-state index is 9.82. The van der Waals surface area contributed by atoms with Gasteiger partial charge >= 0.3 is 0 Å². The first kappa shape index (κ1) is 19.5. The minimum absolute atomic E-state index is 0.108. The molecule has 0 spiro atoms. The predicted octanol–water partition coefficient (Wildman–Crippen LogP) is 2.30. The molecular formula is C15H32O6Si2. The number of ether oxygens (including phenoxy) is 3. The molecule has 0 aromatic heterocycles. The topological polar surface area (TPSA) is 66.4 Å². The first-order valence-electron chi connectivity index (χ1n) is 8.29. The van der Waals surface area contributed by atoms with Gasteiger partial charge in [-0.05, 0) is 53.1 Å². The average Bonchev–Trinajstić information content (AvgIpc) is 2.77. The third-order valence-electron chi connectivity index (χ3n) is 3.57. The van der Waals surface area contributed by atoms with E-state index in [2.05, 4.69) is 39.3 Å². The molecule has 2 heterocycles. The Morgan fingerprint density at radius 2 is 1.65 bits per heavy atom. The second-order valence-electron chi connectivity index (χ2n) is 8.72. The number of rotatable bonds is 6. The summed E-state index contributed by atoms with van der Waals surface area (Å²) in [6.07, 6.45) is -1.87. The monoisotopic (exact) mass is 364 g/mol. The van der Waals surface area contributed by atoms with Gasteiger partial charge in [-0.15, -0.1) is 0 Å². The quantitative estimate of drug-likeness (QED) is 0.730. The molecule has 0 bridgehead atoms. The van der Waals surface area contributed by atoms with Crippen LogP contribution < -0.4 is 0 Å². The van der Waals surface area contributed by atoms with Crippen molar-refractivity contribution in [2.24, 2.45) is 0 Å². The Hall–Kier alpha value is 0.194. The third-order valence-corrected chi connectivity index (χ3v) is 5.56. The zero-order valence-corrected chi connectivity index (χ0v) is 17.6. The van der Waals surface area contributed by atoms with Crippen LogP contribution >= 0.6 is 0 Å². The van der Waals surface area contributed by atoms with Crippen molar-refractivity contribution in [2.75, 3.05) is 6.61 Å². The van der Waals surface area contributed by atoms with Crippen LogP contribution in [0.2, 0.25) is 39.3 Å². The van der Waals surface area contributed by atoms with Crippen LogP contribution in [0.5, 0.6) is 0 Å². The van der Waals surface area contributed by atoms with Crippen molar-refractivity contribution in [1.29, 1.82) is 0 Å². The molecular weight excluding hydrogens is 332 g/mol. The van der Waals surface area contributed by atoms with Crippen molar-refractivity contribution in [3.8, 4) is 0 Å². The number of aliphatic hydroxyl groups excluding tert-OH is 1. The zero-order chi connectivity index (χ0) is 17.6. The van der Waals surface area contributed by atoms with Crippen LogP contribution in [0, 0.1) is 0 Å². The highest BCUT2D eigenvalue weighted by atomic mass is 28.4. The highest BCUT2D eigenvalue weighted by Gasteiger charge is 2.58. The van der Waals surface area contributed by atoms with Crippen molar-refractivity contribution in [2.45, 2.75) is 89.6 Å². The van der Waals surface area contributed by atoms with Gasteiger partial charge in [0.05, 0.1) is 12.7 Å². The zero-order valence-electron chi connectivity index (χ0n) is 15.6. The molecule has 0 aromatic carbocycles. The molecule has 0 saturated carbocycles. The fourth-order valence-electron chi connectivity index (χ4n) is 3.01. The molecule has 2 aliphatic rings. The Kier molecular flexibility index (Phi) is 5.51. The van der Waals surface area contributed by atoms with E-state index in [-0.39, 0.29) is 24.9 Å². The molecule has 0 amide bonds. The second kappa shape index (κ2) is 6.49. The summed E-state index contributed by atoms with van der Waals surface area (Å²) in [5.41, 5.74) is 0. The van der Waals surface area contributed by atoms with Crippen molar-refractivity contribution >= 4 is 16.6 Å². The van der Waals surface area contributed by atoms with E-state index in [1.165, 1.54) is 0 Å². The van der Waals surface area contributed by atoms with E-state index in [1.54, 1.807) is 0 Å². The van der Waals surface area contributed by atoms with Crippen LogP contribution in [0.3, 0.4) is 0 Å². The van der Waals surface area contributed by atoms with Crippen molar-refractivity contribution in [3.63, 3.8) is 0 Å². The first-order chi connectivity index (χ1) is 10.3. The summed E-state index contributed by atoms with van der Waals surface area (Å²) < 4.78 is 30.4. The molecule has 0 aromatic rings. The Balaban J connectivity index is 2.21. The molecule has 2 saturated heterocycles. The Morgan fingerprint density at radius 3 is 2.13 bits per heavy atom. The summed E-state index contributed by atoms with van der Waals surface area (Å²) in [5.74, 6) is -0.685. The smallest absolute Gasteiger partial charge is 0.190 e. The fraction of sp³-hybridized carbons (Fsp3) is 1.00. The van der Waals surface area contributed by atoms with E-state index in [9.17, 15) is 5.11 Å². The van der Waals surface area contributed by atoms with E-state index in [4.69, 9.17) is 23.1 Å². The molecule has 8 heteroatoms. The highest BCUT2D eigenvalue weighted by Crippen LogP contribution is 2.41. The molecule has 0 aliphatic carbocycles. The normalized spacial score (nSPS) is 35.3. The van der Waals surface area contributed by atoms with E-state index < -0.39 is 34.8 Å². The molecule has 6 nitrogen and oxygen atoms in total. The predicted molar refractivity (Wildman–Crippen MR) is 92.2 cm³/mol. The third kappa shape index (κ3) is 5.08. The van der Waals surface area contributed by atoms with E-state index in [0.717, 1.165) is 0 Å². The van der Waals surface area contributed by atoms with Crippen LogP contribution in [0.1, 0.15) is 13.8 Å². The summed E-state index contributed by atoms with van der Waals surface area (Å²) in [6, 6.07) is 0. The van der Waals surface area contributed by atoms with Crippen LogP contribution in [0.25, 0.3) is 0 Å². The number of hydrogen-bond acceptors (Lipinski definition) is 6. The molecule has 2 fully saturated rings. The molecule has 5 atom stereocenters. The number of aliphatic hydroxyl groups is 1. The van der Waals surface area contributed by atoms with Gasteiger partial charge in [0, 0.05) is 0 Å². The lowest BCUT2D eigenvalue weighted by Gasteiger charge is -2.36. The standard InChI is InChI=1S/C15H32O6Si2/c1-15(2)18-13-12(21-23(6,7)8)11(17-14(13)19-15)10(9-16)20-22(3,4)5/h10-14,16H,9H2,1-8H3/t10-,11-,12+,13-,14-/m1/s1. The van der Waals surface area contributed by atoms with Gasteiger partial charge in [-0.3, -0.25) is 0 Å². The molecule has 0 unspecified atom stereocenters. The average molecular weight is 365 g/mol. The van der Waals surface area contributed by atoms with Gasteiger partial charge in [-0.25, -0.2) is 0 Å². The molecule has 2 rings (SSSR count). The van der Waals surface area contributed by atoms with Crippen molar-refractivity contribution < 1.29 is 28.2 Å². The highest BCUT2D eigenvalue weighted by molar-refractivity contribution is 6.70. The van der Waals surface area contributed by atoms with Gasteiger partial charge in [0.2, 0.25) is 0 Å². The maximum Gasteiger partial charge on any atom is 0.190 e. The van der Waals surface area contributed by atoms with Crippen LogP contribution in [0.4, 0.5) is 0 Å². The fourth-order valence-corrected chi connectivity index (χ4v) is 5.21. The minimum Gasteiger partial charge on any atom is -0.410 e. The van der Waals surface area contributed by atoms with Gasteiger partial charge in [0.15, 0.2) is 28.7 Å². The van der Waals surface area contributed by atoms with Crippen molar-refractivity contribution in [1.82, 2.24) is 0 Å². The summed E-state index contributed by atoms with van der Waals surface area (Å²) in [6.45, 7) is 16.3. The van der Waals surface area contributed by atoms with Gasteiger partial charge in [-0.2, -0.15) is 0 Å². The van der Waals surface area contributed by atoms with Gasteiger partial charge < -0.3 is 28.2 Å². The van der Waals surface area contributed by atoms with E-state index in [0.29, 0.717) is 0 Å². The first-order valence-corrected chi connectivity index (χ1v) is 15.1. The van der Waals surface area contributed by atoms with E-state index >= 15 is 0 Å². The Labute approximate surface area is 141 Å². The molecule has 136 valence electrons. The Morgan fingerprint density at radius 1 is 1.04 bits per heavy atom. The van der Waals surface area contributed by atoms with Gasteiger partial charge in [-0.1, -0.05) is 0 Å². The lowest BCUT2D eigenvalue weighted by atomic mass is 10.1. The lowest BCUT2D eigenvalue weighted by Crippen LogP contribution is -2.51. The van der Waals surface area contributed by atoms with Gasteiger partial charge in [0.1, 0.15) is 18.3 Å². The summed E-state index contributed by atoms with van der Waals surface area (Å²) in [4.78, 5) is 0. The minimum atomic E-state index is -1.83. The Bertz CT molecular complexity index is 417. The second-order valence-corrected chi connectivity index (χ2v) is 17.6. The van der Waals surface area contributed by atoms with E-state index in [1.807, 2.05) is 13.8 Å². The molecule has 2 aliphatic heterocycles. The molecule has 23 heavy (non-hydrogen) atoms. The maximum atomic E-state index is 9.82. The van der Waals surface area contributed by atoms with Crippen LogP contribution in [-0.2, 0) is 23.1 Å². The summed E-state index contributed by atoms with van der Waals surface area (Å²) in [7, 11) is -3.66. The SMILES string of the molecule is CC1(C)O[C@H]2O[C@H]([C@@H](CO)O[Si](C)(C)C)[C@H](O[Si](C)(C)C)[C@H]2O1. The summed E-state index contributed by atoms with van der Waals surface area (Å²) >= 11 is 0. The lowest BCUT2D eigenvalue weighted by molar-refractivity contribution is -0.224. The van der Waals surface area contributed by atoms with Crippen LogP contribution in [0.15, 0.2) is 0 Å². The molecule has 1 N–H and O–H groups in total. The summed E-state index contributed by atoms with van der Waals surface area (Å²) in [5, 5.41) is 9.82. The molecule has 0 radical (unpaired) electrons.